The highest BCUT2D eigenvalue weighted by atomic mass is 32.1. The van der Waals surface area contributed by atoms with Crippen molar-refractivity contribution in [3.8, 4) is 0 Å². The van der Waals surface area contributed by atoms with Crippen LogP contribution in [0.3, 0.4) is 0 Å². The number of fused-ring (bicyclic) bond motifs is 1. The summed E-state index contributed by atoms with van der Waals surface area (Å²) in [6.07, 6.45) is 4.37. The minimum Gasteiger partial charge on any atom is -0.352 e. The molecule has 0 saturated carbocycles. The quantitative estimate of drug-likeness (QED) is 0.271. The lowest BCUT2D eigenvalue weighted by Crippen LogP contribution is -2.46. The lowest BCUT2D eigenvalue weighted by Gasteiger charge is -2.35. The van der Waals surface area contributed by atoms with E-state index in [1.807, 2.05) is 16.7 Å². The number of nitrogens with one attached hydrogen (secondary N) is 1. The second-order valence-corrected chi connectivity index (χ2v) is 12.2. The van der Waals surface area contributed by atoms with Gasteiger partial charge >= 0.3 is 5.69 Å². The molecule has 2 aliphatic heterocycles. The Hall–Kier alpha value is -3.42. The van der Waals surface area contributed by atoms with Crippen molar-refractivity contribution < 1.29 is 0 Å². The lowest BCUT2D eigenvalue weighted by atomic mass is 9.99. The van der Waals surface area contributed by atoms with E-state index in [0.717, 1.165) is 55.2 Å². The Bertz CT molecular complexity index is 1460. The van der Waals surface area contributed by atoms with Crippen molar-refractivity contribution in [1.29, 1.82) is 0 Å². The number of para-hydroxylation sites is 2. The van der Waals surface area contributed by atoms with Crippen LogP contribution in [-0.2, 0) is 6.54 Å². The summed E-state index contributed by atoms with van der Waals surface area (Å²) in [7, 11) is 0. The van der Waals surface area contributed by atoms with E-state index in [0.29, 0.717) is 5.92 Å². The van der Waals surface area contributed by atoms with E-state index < -0.39 is 0 Å². The summed E-state index contributed by atoms with van der Waals surface area (Å²) in [6.45, 7) is 8.12. The molecule has 0 amide bonds. The molecule has 41 heavy (non-hydrogen) atoms. The fraction of sp³-hybridized carbons (Fsp3) is 0.412. The van der Waals surface area contributed by atoms with Gasteiger partial charge in [-0.1, -0.05) is 79.7 Å². The Morgan fingerprint density at radius 2 is 1.37 bits per heavy atom. The number of hydrogen-bond acceptors (Lipinski definition) is 3. The van der Waals surface area contributed by atoms with Gasteiger partial charge in [-0.05, 0) is 80.2 Å². The molecule has 7 heteroatoms. The highest BCUT2D eigenvalue weighted by Crippen LogP contribution is 2.28. The van der Waals surface area contributed by atoms with E-state index in [1.165, 1.54) is 37.1 Å². The number of aromatic nitrogens is 2. The number of nitrogens with zero attached hydrogens (tertiary/aromatic N) is 4. The number of imidazole rings is 1. The van der Waals surface area contributed by atoms with Crippen molar-refractivity contribution >= 4 is 28.4 Å². The first-order valence-electron chi connectivity index (χ1n) is 15.2. The van der Waals surface area contributed by atoms with Crippen LogP contribution in [0.2, 0.25) is 0 Å². The molecule has 6 rings (SSSR count). The zero-order valence-corrected chi connectivity index (χ0v) is 24.8. The molecule has 1 atom stereocenters. The number of hydrogen-bond donors (Lipinski definition) is 1. The molecule has 3 heterocycles. The zero-order valence-electron chi connectivity index (χ0n) is 24.0. The Morgan fingerprint density at radius 1 is 0.805 bits per heavy atom. The molecule has 6 nitrogen and oxygen atoms in total. The van der Waals surface area contributed by atoms with Gasteiger partial charge in [0.05, 0.1) is 17.1 Å². The number of piperidine rings is 1. The molecule has 1 unspecified atom stereocenters. The molecule has 4 aromatic rings. The van der Waals surface area contributed by atoms with Gasteiger partial charge < -0.3 is 15.1 Å². The van der Waals surface area contributed by atoms with Gasteiger partial charge in [-0.3, -0.25) is 9.13 Å². The summed E-state index contributed by atoms with van der Waals surface area (Å²) in [5, 5.41) is 4.42. The summed E-state index contributed by atoms with van der Waals surface area (Å²) in [4.78, 5) is 18.7. The van der Waals surface area contributed by atoms with Crippen LogP contribution in [0.25, 0.3) is 11.0 Å². The predicted molar refractivity (Wildman–Crippen MR) is 171 cm³/mol. The van der Waals surface area contributed by atoms with Gasteiger partial charge in [0.25, 0.3) is 0 Å². The third-order valence-corrected chi connectivity index (χ3v) is 9.16. The van der Waals surface area contributed by atoms with Crippen LogP contribution < -0.4 is 11.0 Å². The molecule has 214 valence electrons. The van der Waals surface area contributed by atoms with Crippen LogP contribution >= 0.6 is 12.2 Å². The Balaban J connectivity index is 1.16. The number of likely N-dealkylation sites (tertiary alicyclic amines) is 2. The van der Waals surface area contributed by atoms with Crippen molar-refractivity contribution in [2.75, 3.05) is 32.7 Å². The van der Waals surface area contributed by atoms with Crippen molar-refractivity contribution in [3.05, 3.63) is 107 Å². The van der Waals surface area contributed by atoms with E-state index in [9.17, 15) is 4.79 Å². The van der Waals surface area contributed by atoms with Gasteiger partial charge in [-0.25, -0.2) is 4.79 Å². The fourth-order valence-electron chi connectivity index (χ4n) is 6.73. The van der Waals surface area contributed by atoms with Gasteiger partial charge in [-0.15, -0.1) is 0 Å². The zero-order chi connectivity index (χ0) is 28.2. The smallest absolute Gasteiger partial charge is 0.329 e. The summed E-state index contributed by atoms with van der Waals surface area (Å²) < 4.78 is 4.10. The molecule has 2 aliphatic rings. The largest absolute Gasteiger partial charge is 0.352 e. The van der Waals surface area contributed by atoms with Gasteiger partial charge in [0.2, 0.25) is 0 Å². The van der Waals surface area contributed by atoms with E-state index in [1.54, 1.807) is 0 Å². The highest BCUT2D eigenvalue weighted by Gasteiger charge is 2.28. The molecule has 0 bridgehead atoms. The fourth-order valence-corrected chi connectivity index (χ4v) is 7.03. The summed E-state index contributed by atoms with van der Waals surface area (Å²) >= 11 is 5.96. The van der Waals surface area contributed by atoms with Crippen molar-refractivity contribution in [3.63, 3.8) is 0 Å². The van der Waals surface area contributed by atoms with Gasteiger partial charge in [0.15, 0.2) is 5.11 Å². The van der Waals surface area contributed by atoms with Gasteiger partial charge in [0, 0.05) is 32.2 Å². The third-order valence-electron chi connectivity index (χ3n) is 8.78. The van der Waals surface area contributed by atoms with Crippen LogP contribution in [0.4, 0.5) is 0 Å². The van der Waals surface area contributed by atoms with Crippen LogP contribution in [0, 0.1) is 5.92 Å². The average Bonchev–Trinajstić information content (AvgIpc) is 3.62. The average molecular weight is 568 g/mol. The summed E-state index contributed by atoms with van der Waals surface area (Å²) in [5.41, 5.74) is 4.62. The standard InChI is InChI=1S/C34H41N5OS/c1-26(24-36-20-10-11-21-36)25-38-30-16-8-9-17-31(30)39(34(38)40)29-18-22-37(23-19-29)33(41)35-32(27-12-4-2-5-13-27)28-14-6-3-7-15-28/h2-9,12-17,26,29,32H,10-11,18-25H2,1H3,(H,35,41). The molecule has 1 N–H and O–H groups in total. The molecular weight excluding hydrogens is 526 g/mol. The second kappa shape index (κ2) is 12.6. The molecule has 3 aromatic carbocycles. The van der Waals surface area contributed by atoms with Crippen LogP contribution in [0.1, 0.15) is 55.8 Å². The maximum Gasteiger partial charge on any atom is 0.329 e. The van der Waals surface area contributed by atoms with Crippen molar-refractivity contribution in [2.45, 2.75) is 51.2 Å². The Labute approximate surface area is 248 Å². The first-order chi connectivity index (χ1) is 20.1. The van der Waals surface area contributed by atoms with E-state index >= 15 is 0 Å². The first-order valence-corrected chi connectivity index (χ1v) is 15.6. The number of rotatable bonds is 8. The van der Waals surface area contributed by atoms with Gasteiger partial charge in [0.1, 0.15) is 0 Å². The van der Waals surface area contributed by atoms with Crippen LogP contribution in [-0.4, -0.2) is 56.8 Å². The second-order valence-electron chi connectivity index (χ2n) is 11.8. The molecule has 2 saturated heterocycles. The number of thiocarbonyl (C=S) groups is 1. The monoisotopic (exact) mass is 567 g/mol. The molecule has 2 fully saturated rings. The third kappa shape index (κ3) is 6.11. The normalized spacial score (nSPS) is 17.4. The lowest BCUT2D eigenvalue weighted by molar-refractivity contribution is 0.257. The van der Waals surface area contributed by atoms with Crippen LogP contribution in [0.5, 0.6) is 0 Å². The molecular formula is C34H41N5OS. The van der Waals surface area contributed by atoms with Gasteiger partial charge in [-0.2, -0.15) is 0 Å². The van der Waals surface area contributed by atoms with E-state index in [2.05, 4.69) is 99.4 Å². The maximum absolute atomic E-state index is 13.9. The molecule has 0 spiro atoms. The minimum atomic E-state index is -0.00855. The van der Waals surface area contributed by atoms with E-state index in [-0.39, 0.29) is 17.8 Å². The molecule has 0 radical (unpaired) electrons. The van der Waals surface area contributed by atoms with E-state index in [4.69, 9.17) is 12.2 Å². The molecule has 0 aliphatic carbocycles. The van der Waals surface area contributed by atoms with Crippen LogP contribution in [0.15, 0.2) is 89.7 Å². The number of benzene rings is 3. The molecule has 1 aromatic heterocycles. The maximum atomic E-state index is 13.9. The summed E-state index contributed by atoms with van der Waals surface area (Å²) in [5.74, 6) is 0.428. The summed E-state index contributed by atoms with van der Waals surface area (Å²) in [6, 6.07) is 29.4. The minimum absolute atomic E-state index is 0.00855. The SMILES string of the molecule is CC(CN1CCCC1)Cn1c(=O)n(C2CCN(C(=S)NC(c3ccccc3)c3ccccc3)CC2)c2ccccc21. The topological polar surface area (TPSA) is 45.4 Å². The highest BCUT2D eigenvalue weighted by molar-refractivity contribution is 7.80. The van der Waals surface area contributed by atoms with Crippen molar-refractivity contribution in [1.82, 2.24) is 24.3 Å². The first kappa shape index (κ1) is 27.7. The Morgan fingerprint density at radius 3 is 1.98 bits per heavy atom. The predicted octanol–water partition coefficient (Wildman–Crippen LogP) is 5.84. The van der Waals surface area contributed by atoms with Crippen molar-refractivity contribution in [2.24, 2.45) is 5.92 Å². The Kier molecular flexibility index (Phi) is 8.54.